The molecule has 0 bridgehead atoms. The Morgan fingerprint density at radius 1 is 1.41 bits per heavy atom. The fourth-order valence-electron chi connectivity index (χ4n) is 1.77. The van der Waals surface area contributed by atoms with E-state index in [2.05, 4.69) is 39.2 Å². The van der Waals surface area contributed by atoms with Crippen LogP contribution in [0.3, 0.4) is 0 Å². The molecule has 0 saturated carbocycles. The number of hydrogen-bond acceptors (Lipinski definition) is 3. The van der Waals surface area contributed by atoms with Gasteiger partial charge in [-0.1, -0.05) is 20.8 Å². The van der Waals surface area contributed by atoms with E-state index in [4.69, 9.17) is 9.53 Å². The summed E-state index contributed by atoms with van der Waals surface area (Å²) in [6, 6.07) is -0.446. The van der Waals surface area contributed by atoms with Crippen LogP contribution in [0.5, 0.6) is 0 Å². The summed E-state index contributed by atoms with van der Waals surface area (Å²) in [7, 11) is -1.78. The number of hydrogen-bond donors (Lipinski definition) is 2. The fraction of sp³-hybridized carbons (Fsp3) is 0.917. The largest absolute Gasteiger partial charge is 0.480 e. The van der Waals surface area contributed by atoms with Crippen molar-refractivity contribution in [2.75, 3.05) is 6.54 Å². The van der Waals surface area contributed by atoms with Crippen molar-refractivity contribution in [3.8, 4) is 0 Å². The van der Waals surface area contributed by atoms with Gasteiger partial charge in [0.25, 0.3) is 0 Å². The van der Waals surface area contributed by atoms with E-state index in [1.165, 1.54) is 0 Å². The molecule has 0 spiro atoms. The third-order valence-electron chi connectivity index (χ3n) is 3.92. The number of aliphatic carboxylic acids is 1. The van der Waals surface area contributed by atoms with Gasteiger partial charge in [0.15, 0.2) is 8.32 Å². The van der Waals surface area contributed by atoms with E-state index >= 15 is 0 Å². The molecule has 0 radical (unpaired) electrons. The number of carboxylic acids is 1. The molecule has 100 valence electrons. The summed E-state index contributed by atoms with van der Waals surface area (Å²) in [6.45, 7) is 11.8. The minimum atomic E-state index is -1.78. The van der Waals surface area contributed by atoms with Gasteiger partial charge >= 0.3 is 5.97 Å². The average Bonchev–Trinajstić information content (AvgIpc) is 2.15. The van der Waals surface area contributed by atoms with E-state index in [9.17, 15) is 4.79 Å². The maximum absolute atomic E-state index is 11.0. The van der Waals surface area contributed by atoms with E-state index in [0.717, 1.165) is 13.0 Å². The third kappa shape index (κ3) is 3.79. The van der Waals surface area contributed by atoms with Crippen molar-refractivity contribution >= 4 is 14.3 Å². The lowest BCUT2D eigenvalue weighted by Gasteiger charge is -2.41. The number of carboxylic acid groups (broad SMARTS) is 1. The highest BCUT2D eigenvalue weighted by molar-refractivity contribution is 6.74. The monoisotopic (exact) mass is 259 g/mol. The Morgan fingerprint density at radius 2 is 2.00 bits per heavy atom. The van der Waals surface area contributed by atoms with Crippen molar-refractivity contribution < 1.29 is 14.3 Å². The van der Waals surface area contributed by atoms with E-state index in [1.807, 2.05) is 0 Å². The van der Waals surface area contributed by atoms with Crippen molar-refractivity contribution in [2.45, 2.75) is 63.9 Å². The van der Waals surface area contributed by atoms with Gasteiger partial charge in [0.2, 0.25) is 0 Å². The highest BCUT2D eigenvalue weighted by Gasteiger charge is 2.40. The minimum Gasteiger partial charge on any atom is -0.480 e. The SMILES string of the molecule is CC(C)(C)[Si](C)(C)O[C@H]1CCN[C@@H](C(=O)O)C1. The van der Waals surface area contributed by atoms with Crippen LogP contribution in [0.2, 0.25) is 18.1 Å². The third-order valence-corrected chi connectivity index (χ3v) is 8.46. The van der Waals surface area contributed by atoms with Gasteiger partial charge in [-0.05, 0) is 37.5 Å². The first kappa shape index (κ1) is 14.7. The smallest absolute Gasteiger partial charge is 0.320 e. The molecule has 0 unspecified atom stereocenters. The van der Waals surface area contributed by atoms with Crippen LogP contribution in [0.25, 0.3) is 0 Å². The van der Waals surface area contributed by atoms with Gasteiger partial charge in [-0.2, -0.15) is 0 Å². The second-order valence-electron chi connectivity index (χ2n) is 6.37. The lowest BCUT2D eigenvalue weighted by atomic mass is 10.0. The lowest BCUT2D eigenvalue weighted by molar-refractivity contribution is -0.141. The number of rotatable bonds is 3. The van der Waals surface area contributed by atoms with Gasteiger partial charge < -0.3 is 14.8 Å². The molecule has 17 heavy (non-hydrogen) atoms. The summed E-state index contributed by atoms with van der Waals surface area (Å²) in [5.41, 5.74) is 0. The standard InChI is InChI=1S/C12H25NO3Si/c1-12(2,3)17(4,5)16-9-6-7-13-10(8-9)11(14)15/h9-10,13H,6-8H2,1-5H3,(H,14,15)/t9-,10+/m0/s1. The second kappa shape index (κ2) is 5.08. The van der Waals surface area contributed by atoms with Crippen molar-refractivity contribution in [3.63, 3.8) is 0 Å². The van der Waals surface area contributed by atoms with E-state index in [-0.39, 0.29) is 11.1 Å². The van der Waals surface area contributed by atoms with Crippen LogP contribution in [-0.2, 0) is 9.22 Å². The quantitative estimate of drug-likeness (QED) is 0.763. The topological polar surface area (TPSA) is 58.6 Å². The molecule has 0 aromatic carbocycles. The number of carbonyl (C=O) groups is 1. The van der Waals surface area contributed by atoms with Crippen LogP contribution >= 0.6 is 0 Å². The maximum Gasteiger partial charge on any atom is 0.320 e. The summed E-state index contributed by atoms with van der Waals surface area (Å²) >= 11 is 0. The Kier molecular flexibility index (Phi) is 4.38. The van der Waals surface area contributed by atoms with Crippen molar-refractivity contribution in [2.24, 2.45) is 0 Å². The number of nitrogens with one attached hydrogen (secondary N) is 1. The average molecular weight is 259 g/mol. The molecule has 0 aliphatic carbocycles. The van der Waals surface area contributed by atoms with Crippen molar-refractivity contribution in [3.05, 3.63) is 0 Å². The fourth-order valence-corrected chi connectivity index (χ4v) is 3.17. The van der Waals surface area contributed by atoms with Gasteiger partial charge in [-0.25, -0.2) is 0 Å². The predicted octanol–water partition coefficient (Wildman–Crippen LogP) is 2.21. The molecule has 1 heterocycles. The van der Waals surface area contributed by atoms with E-state index in [0.29, 0.717) is 6.42 Å². The summed E-state index contributed by atoms with van der Waals surface area (Å²) in [5, 5.41) is 12.2. The molecule has 2 atom stereocenters. The van der Waals surface area contributed by atoms with Gasteiger partial charge in [-0.3, -0.25) is 4.79 Å². The summed E-state index contributed by atoms with van der Waals surface area (Å²) in [6.07, 6.45) is 1.59. The van der Waals surface area contributed by atoms with Crippen LogP contribution in [0, 0.1) is 0 Å². The van der Waals surface area contributed by atoms with Crippen LogP contribution in [0.15, 0.2) is 0 Å². The Bertz CT molecular complexity index is 286. The summed E-state index contributed by atoms with van der Waals surface area (Å²) < 4.78 is 6.26. The first-order valence-electron chi connectivity index (χ1n) is 6.27. The molecule has 1 rings (SSSR count). The Morgan fingerprint density at radius 3 is 2.47 bits per heavy atom. The summed E-state index contributed by atoms with van der Waals surface area (Å²) in [5.74, 6) is -0.770. The highest BCUT2D eigenvalue weighted by atomic mass is 28.4. The first-order valence-corrected chi connectivity index (χ1v) is 9.18. The minimum absolute atomic E-state index is 0.0956. The molecule has 1 fully saturated rings. The maximum atomic E-state index is 11.0. The van der Waals surface area contributed by atoms with Gasteiger partial charge in [0.1, 0.15) is 6.04 Å². The van der Waals surface area contributed by atoms with Gasteiger partial charge in [0, 0.05) is 6.10 Å². The number of piperidine rings is 1. The van der Waals surface area contributed by atoms with Crippen LogP contribution < -0.4 is 5.32 Å². The molecule has 2 N–H and O–H groups in total. The Balaban J connectivity index is 2.60. The van der Waals surface area contributed by atoms with E-state index in [1.54, 1.807) is 0 Å². The zero-order valence-corrected chi connectivity index (χ0v) is 12.5. The Labute approximate surface area is 105 Å². The second-order valence-corrected chi connectivity index (χ2v) is 11.1. The summed E-state index contributed by atoms with van der Waals surface area (Å²) in [4.78, 5) is 11.0. The molecular formula is C12H25NO3Si. The molecule has 0 aromatic rings. The molecule has 1 saturated heterocycles. The zero-order valence-electron chi connectivity index (χ0n) is 11.5. The van der Waals surface area contributed by atoms with Gasteiger partial charge in [-0.15, -0.1) is 0 Å². The van der Waals surface area contributed by atoms with Crippen molar-refractivity contribution in [1.82, 2.24) is 5.32 Å². The molecule has 0 amide bonds. The Hall–Kier alpha value is -0.393. The predicted molar refractivity (Wildman–Crippen MR) is 70.7 cm³/mol. The molecule has 1 aliphatic rings. The normalized spacial score (nSPS) is 26.9. The van der Waals surface area contributed by atoms with Crippen LogP contribution in [0.4, 0.5) is 0 Å². The molecule has 0 aromatic heterocycles. The molecule has 5 heteroatoms. The van der Waals surface area contributed by atoms with E-state index < -0.39 is 20.3 Å². The van der Waals surface area contributed by atoms with Crippen LogP contribution in [-0.4, -0.2) is 38.1 Å². The highest BCUT2D eigenvalue weighted by Crippen LogP contribution is 2.38. The van der Waals surface area contributed by atoms with Crippen molar-refractivity contribution in [1.29, 1.82) is 0 Å². The lowest BCUT2D eigenvalue weighted by Crippen LogP contribution is -2.51. The molecule has 1 aliphatic heterocycles. The first-order chi connectivity index (χ1) is 7.63. The molecular weight excluding hydrogens is 234 g/mol. The van der Waals surface area contributed by atoms with Gasteiger partial charge in [0.05, 0.1) is 0 Å². The van der Waals surface area contributed by atoms with Crippen LogP contribution in [0.1, 0.15) is 33.6 Å². The zero-order chi connectivity index (χ0) is 13.3. The molecule has 4 nitrogen and oxygen atoms in total.